The van der Waals surface area contributed by atoms with Crippen LogP contribution in [0.2, 0.25) is 5.02 Å². The molecule has 2 heterocycles. The van der Waals surface area contributed by atoms with Crippen LogP contribution in [-0.2, 0) is 4.79 Å². The van der Waals surface area contributed by atoms with E-state index in [2.05, 4.69) is 16.7 Å². The van der Waals surface area contributed by atoms with E-state index in [9.17, 15) is 4.79 Å². The summed E-state index contributed by atoms with van der Waals surface area (Å²) < 4.78 is 6.61. The molecule has 3 aromatic carbocycles. The van der Waals surface area contributed by atoms with Crippen molar-refractivity contribution >= 4 is 46.2 Å². The first kappa shape index (κ1) is 22.7. The molecular formula is C27H26ClN3O2S. The van der Waals surface area contributed by atoms with Crippen molar-refractivity contribution in [3.63, 3.8) is 0 Å². The van der Waals surface area contributed by atoms with Crippen molar-refractivity contribution in [1.82, 2.24) is 5.32 Å². The Balaban J connectivity index is 1.63. The number of thiocarbonyl (C=S) groups is 1. The molecule has 2 aliphatic rings. The third-order valence-electron chi connectivity index (χ3n) is 6.67. The number of ether oxygens (including phenoxy) is 1. The Morgan fingerprint density at radius 1 is 1.06 bits per heavy atom. The molecule has 2 bridgehead atoms. The van der Waals surface area contributed by atoms with Gasteiger partial charge in [0.1, 0.15) is 11.7 Å². The van der Waals surface area contributed by atoms with Crippen LogP contribution >= 0.6 is 23.8 Å². The maximum absolute atomic E-state index is 13.9. The first-order chi connectivity index (χ1) is 16.2. The number of anilines is 2. The Kier molecular flexibility index (Phi) is 5.53. The standard InChI is InChI=1S/C27H26ClN3O2S/c1-15-5-9-19(10-6-15)31-26(34)30-24-20-14-18(28)8-12-22(20)33-27(31,4)23(24)25(32)29-21-11-7-16(2)13-17(21)3/h5-14,23-24H,1-4H3,(H,29,32)(H,30,34)/t23-,24-,27-/m0/s1. The molecule has 1 amide bonds. The van der Waals surface area contributed by atoms with Gasteiger partial charge >= 0.3 is 0 Å². The Labute approximate surface area is 210 Å². The number of amides is 1. The highest BCUT2D eigenvalue weighted by molar-refractivity contribution is 7.80. The number of nitrogens with zero attached hydrogens (tertiary/aromatic N) is 1. The fraction of sp³-hybridized carbons (Fsp3) is 0.259. The lowest BCUT2D eigenvalue weighted by atomic mass is 9.78. The number of rotatable bonds is 3. The molecule has 0 aromatic heterocycles. The molecule has 0 aliphatic carbocycles. The van der Waals surface area contributed by atoms with E-state index in [-0.39, 0.29) is 5.91 Å². The van der Waals surface area contributed by atoms with Gasteiger partial charge < -0.3 is 15.4 Å². The van der Waals surface area contributed by atoms with E-state index in [4.69, 9.17) is 28.6 Å². The van der Waals surface area contributed by atoms with Crippen LogP contribution in [0.5, 0.6) is 5.75 Å². The lowest BCUT2D eigenvalue weighted by Crippen LogP contribution is -2.72. The van der Waals surface area contributed by atoms with Crippen LogP contribution in [-0.4, -0.2) is 16.7 Å². The molecule has 174 valence electrons. The molecule has 3 aromatic rings. The molecule has 34 heavy (non-hydrogen) atoms. The van der Waals surface area contributed by atoms with Crippen molar-refractivity contribution in [2.24, 2.45) is 5.92 Å². The highest BCUT2D eigenvalue weighted by atomic mass is 35.5. The minimum absolute atomic E-state index is 0.155. The molecule has 2 aliphatic heterocycles. The van der Waals surface area contributed by atoms with E-state index in [0.29, 0.717) is 15.9 Å². The SMILES string of the molecule is Cc1ccc(N2C(=S)N[C@H]3c4cc(Cl)ccc4O[C@@]2(C)[C@@H]3C(=O)Nc2ccc(C)cc2C)cc1. The highest BCUT2D eigenvalue weighted by Crippen LogP contribution is 2.50. The van der Waals surface area contributed by atoms with E-state index in [1.54, 1.807) is 6.07 Å². The summed E-state index contributed by atoms with van der Waals surface area (Å²) in [4.78, 5) is 15.8. The summed E-state index contributed by atoms with van der Waals surface area (Å²) in [7, 11) is 0. The molecule has 0 saturated carbocycles. The van der Waals surface area contributed by atoms with Crippen LogP contribution in [0.3, 0.4) is 0 Å². The van der Waals surface area contributed by atoms with Gasteiger partial charge in [0.25, 0.3) is 0 Å². The first-order valence-electron chi connectivity index (χ1n) is 11.2. The quantitative estimate of drug-likeness (QED) is 0.436. The molecule has 5 rings (SSSR count). The summed E-state index contributed by atoms with van der Waals surface area (Å²) in [6, 6.07) is 19.1. The van der Waals surface area contributed by atoms with Crippen LogP contribution in [0.1, 0.15) is 35.2 Å². The molecule has 5 nitrogen and oxygen atoms in total. The van der Waals surface area contributed by atoms with Gasteiger partial charge in [-0.3, -0.25) is 9.69 Å². The van der Waals surface area contributed by atoms with Crippen LogP contribution < -0.4 is 20.3 Å². The number of hydrogen-bond donors (Lipinski definition) is 2. The van der Waals surface area contributed by atoms with Crippen molar-refractivity contribution < 1.29 is 9.53 Å². The summed E-state index contributed by atoms with van der Waals surface area (Å²) in [5.74, 6) is -0.0936. The zero-order valence-corrected chi connectivity index (χ0v) is 21.1. The Morgan fingerprint density at radius 3 is 2.47 bits per heavy atom. The van der Waals surface area contributed by atoms with Gasteiger partial charge in [-0.15, -0.1) is 0 Å². The molecule has 1 saturated heterocycles. The molecule has 0 radical (unpaired) electrons. The molecule has 1 fully saturated rings. The molecule has 2 N–H and O–H groups in total. The number of hydrogen-bond acceptors (Lipinski definition) is 3. The topological polar surface area (TPSA) is 53.6 Å². The fourth-order valence-electron chi connectivity index (χ4n) is 5.00. The second-order valence-electron chi connectivity index (χ2n) is 9.22. The Hall–Kier alpha value is -3.09. The predicted octanol–water partition coefficient (Wildman–Crippen LogP) is 6.06. The van der Waals surface area contributed by atoms with Crippen LogP contribution in [0.4, 0.5) is 11.4 Å². The normalized spacial score (nSPS) is 23.0. The van der Waals surface area contributed by atoms with E-state index in [1.165, 1.54) is 0 Å². The fourth-order valence-corrected chi connectivity index (χ4v) is 5.60. The number of aryl methyl sites for hydroxylation is 3. The number of nitrogens with one attached hydrogen (secondary N) is 2. The Bertz CT molecular complexity index is 1310. The monoisotopic (exact) mass is 491 g/mol. The van der Waals surface area contributed by atoms with E-state index < -0.39 is 17.7 Å². The molecular weight excluding hydrogens is 466 g/mol. The van der Waals surface area contributed by atoms with Crippen molar-refractivity contribution in [2.75, 3.05) is 10.2 Å². The number of benzene rings is 3. The lowest BCUT2D eigenvalue weighted by molar-refractivity contribution is -0.130. The maximum Gasteiger partial charge on any atom is 0.236 e. The zero-order valence-electron chi connectivity index (χ0n) is 19.5. The van der Waals surface area contributed by atoms with Crippen molar-refractivity contribution in [2.45, 2.75) is 39.5 Å². The van der Waals surface area contributed by atoms with Gasteiger partial charge in [-0.25, -0.2) is 0 Å². The summed E-state index contributed by atoms with van der Waals surface area (Å²) in [6.07, 6.45) is 0. The molecule has 7 heteroatoms. The average molecular weight is 492 g/mol. The third-order valence-corrected chi connectivity index (χ3v) is 7.21. The largest absolute Gasteiger partial charge is 0.467 e. The second kappa shape index (κ2) is 8.29. The molecule has 0 unspecified atom stereocenters. The summed E-state index contributed by atoms with van der Waals surface area (Å²) in [5.41, 5.74) is 4.66. The smallest absolute Gasteiger partial charge is 0.236 e. The van der Waals surface area contributed by atoms with Gasteiger partial charge in [0.15, 0.2) is 10.8 Å². The predicted molar refractivity (Wildman–Crippen MR) is 141 cm³/mol. The summed E-state index contributed by atoms with van der Waals surface area (Å²) in [5, 5.41) is 7.63. The minimum Gasteiger partial charge on any atom is -0.467 e. The summed E-state index contributed by atoms with van der Waals surface area (Å²) >= 11 is 12.1. The first-order valence-corrected chi connectivity index (χ1v) is 12.0. The van der Waals surface area contributed by atoms with Gasteiger partial charge in [0.2, 0.25) is 5.91 Å². The highest BCUT2D eigenvalue weighted by Gasteiger charge is 2.59. The molecule has 0 spiro atoms. The van der Waals surface area contributed by atoms with E-state index in [1.807, 2.05) is 81.1 Å². The maximum atomic E-state index is 13.9. The second-order valence-corrected chi connectivity index (χ2v) is 10.0. The number of fused-ring (bicyclic) bond motifs is 4. The van der Waals surface area contributed by atoms with Crippen LogP contribution in [0.25, 0.3) is 0 Å². The number of halogens is 1. The van der Waals surface area contributed by atoms with Crippen LogP contribution in [0.15, 0.2) is 60.7 Å². The number of carbonyl (C=O) groups is 1. The van der Waals surface area contributed by atoms with Gasteiger partial charge in [-0.2, -0.15) is 0 Å². The van der Waals surface area contributed by atoms with Crippen molar-refractivity contribution in [3.8, 4) is 5.75 Å². The van der Waals surface area contributed by atoms with E-state index in [0.717, 1.165) is 33.6 Å². The van der Waals surface area contributed by atoms with Gasteiger partial charge in [-0.05, 0) is 81.9 Å². The third kappa shape index (κ3) is 3.71. The van der Waals surface area contributed by atoms with E-state index >= 15 is 0 Å². The minimum atomic E-state index is -1.06. The zero-order chi connectivity index (χ0) is 24.2. The lowest BCUT2D eigenvalue weighted by Gasteiger charge is -2.56. The van der Waals surface area contributed by atoms with Crippen molar-refractivity contribution in [1.29, 1.82) is 0 Å². The summed E-state index contributed by atoms with van der Waals surface area (Å²) in [6.45, 7) is 7.98. The van der Waals surface area contributed by atoms with Crippen molar-refractivity contribution in [3.05, 3.63) is 87.9 Å². The van der Waals surface area contributed by atoms with Gasteiger partial charge in [0, 0.05) is 22.0 Å². The van der Waals surface area contributed by atoms with Gasteiger partial charge in [0.05, 0.1) is 6.04 Å². The Morgan fingerprint density at radius 2 is 1.76 bits per heavy atom. The number of carbonyl (C=O) groups excluding carboxylic acids is 1. The average Bonchev–Trinajstić information content (AvgIpc) is 2.77. The van der Waals surface area contributed by atoms with Crippen LogP contribution in [0, 0.1) is 26.7 Å². The molecule has 3 atom stereocenters. The van der Waals surface area contributed by atoms with Gasteiger partial charge in [-0.1, -0.05) is 47.0 Å².